The van der Waals surface area contributed by atoms with Crippen LogP contribution in [0.5, 0.6) is 0 Å². The predicted octanol–water partition coefficient (Wildman–Crippen LogP) is 3.77. The summed E-state index contributed by atoms with van der Waals surface area (Å²) in [6, 6.07) is 9.82. The monoisotopic (exact) mass is 453 g/mol. The molecule has 1 aromatic carbocycles. The van der Waals surface area contributed by atoms with Gasteiger partial charge in [0, 0.05) is 30.8 Å². The summed E-state index contributed by atoms with van der Waals surface area (Å²) >= 11 is 1.45. The van der Waals surface area contributed by atoms with E-state index in [0.29, 0.717) is 29.6 Å². The summed E-state index contributed by atoms with van der Waals surface area (Å²) in [5, 5.41) is 24.3. The minimum absolute atomic E-state index is 0.0118. The fourth-order valence-corrected chi connectivity index (χ4v) is 4.30. The molecule has 0 atom stereocenters. The number of furan rings is 1. The van der Waals surface area contributed by atoms with E-state index in [2.05, 4.69) is 25.2 Å². The standard InChI is InChI=1S/C20H19N7O4S/c28-27(29)15-7-5-14(6-8-15)18-21-17(31-24-18)13-32-20-23-22-19(25-9-1-2-10-25)26(20)12-16-4-3-11-30-16/h3-8,11H,1-2,9-10,12-13H2. The van der Waals surface area contributed by atoms with Crippen LogP contribution in [0.3, 0.4) is 0 Å². The van der Waals surface area contributed by atoms with E-state index in [0.717, 1.165) is 42.8 Å². The highest BCUT2D eigenvalue weighted by molar-refractivity contribution is 7.98. The number of hydrogen-bond donors (Lipinski definition) is 0. The van der Waals surface area contributed by atoms with Crippen molar-refractivity contribution in [2.75, 3.05) is 18.0 Å². The number of nitro groups is 1. The van der Waals surface area contributed by atoms with Crippen LogP contribution in [0, 0.1) is 10.1 Å². The van der Waals surface area contributed by atoms with Crippen LogP contribution in [0.1, 0.15) is 24.5 Å². The van der Waals surface area contributed by atoms with Crippen molar-refractivity contribution < 1.29 is 13.9 Å². The zero-order valence-corrected chi connectivity index (χ0v) is 17.8. The Balaban J connectivity index is 1.32. The predicted molar refractivity (Wildman–Crippen MR) is 115 cm³/mol. The van der Waals surface area contributed by atoms with Crippen LogP contribution >= 0.6 is 11.8 Å². The number of hydrogen-bond acceptors (Lipinski definition) is 10. The van der Waals surface area contributed by atoms with Crippen molar-refractivity contribution in [3.05, 3.63) is 64.4 Å². The highest BCUT2D eigenvalue weighted by atomic mass is 32.2. The molecule has 5 rings (SSSR count). The number of thioether (sulfide) groups is 1. The Kier molecular flexibility index (Phi) is 5.58. The lowest BCUT2D eigenvalue weighted by Gasteiger charge is -2.17. The zero-order chi connectivity index (χ0) is 21.9. The largest absolute Gasteiger partial charge is 0.467 e. The van der Waals surface area contributed by atoms with Crippen molar-refractivity contribution >= 4 is 23.4 Å². The minimum atomic E-state index is -0.447. The molecule has 0 N–H and O–H groups in total. The van der Waals surface area contributed by atoms with Crippen molar-refractivity contribution in [3.63, 3.8) is 0 Å². The number of rotatable bonds is 8. The molecule has 0 spiro atoms. The molecule has 1 aliphatic heterocycles. The first-order valence-corrected chi connectivity index (χ1v) is 11.1. The van der Waals surface area contributed by atoms with E-state index in [9.17, 15) is 10.1 Å². The quantitative estimate of drug-likeness (QED) is 0.221. The topological polar surface area (TPSA) is 129 Å². The summed E-state index contributed by atoms with van der Waals surface area (Å²) in [6.45, 7) is 2.46. The summed E-state index contributed by atoms with van der Waals surface area (Å²) in [7, 11) is 0. The number of nitro benzene ring substituents is 1. The Morgan fingerprint density at radius 1 is 1.12 bits per heavy atom. The fraction of sp³-hybridized carbons (Fsp3) is 0.300. The van der Waals surface area contributed by atoms with Gasteiger partial charge in [-0.3, -0.25) is 14.7 Å². The zero-order valence-electron chi connectivity index (χ0n) is 17.0. The van der Waals surface area contributed by atoms with Crippen LogP contribution in [0.25, 0.3) is 11.4 Å². The number of benzene rings is 1. The second-order valence-electron chi connectivity index (χ2n) is 7.25. The van der Waals surface area contributed by atoms with E-state index in [-0.39, 0.29) is 5.69 Å². The maximum Gasteiger partial charge on any atom is 0.269 e. The molecule has 0 saturated carbocycles. The molecule has 1 saturated heterocycles. The van der Waals surface area contributed by atoms with Crippen LogP contribution in [0.2, 0.25) is 0 Å². The molecule has 1 fully saturated rings. The molecule has 11 nitrogen and oxygen atoms in total. The van der Waals surface area contributed by atoms with Gasteiger partial charge in [0.2, 0.25) is 17.7 Å². The molecule has 3 aromatic heterocycles. The van der Waals surface area contributed by atoms with E-state index >= 15 is 0 Å². The van der Waals surface area contributed by atoms with Crippen molar-refractivity contribution in [2.24, 2.45) is 0 Å². The molecule has 0 aliphatic carbocycles. The van der Waals surface area contributed by atoms with E-state index in [4.69, 9.17) is 8.94 Å². The van der Waals surface area contributed by atoms with E-state index < -0.39 is 4.92 Å². The Morgan fingerprint density at radius 2 is 1.94 bits per heavy atom. The highest BCUT2D eigenvalue weighted by Gasteiger charge is 2.22. The first-order chi connectivity index (χ1) is 15.7. The molecule has 0 amide bonds. The third-order valence-corrected chi connectivity index (χ3v) is 6.06. The van der Waals surface area contributed by atoms with Crippen LogP contribution in [-0.4, -0.2) is 42.9 Å². The second kappa shape index (κ2) is 8.83. The lowest BCUT2D eigenvalue weighted by molar-refractivity contribution is -0.384. The summed E-state index contributed by atoms with van der Waals surface area (Å²) in [5.74, 6) is 2.88. The van der Waals surface area contributed by atoms with Gasteiger partial charge in [-0.15, -0.1) is 10.2 Å². The van der Waals surface area contributed by atoms with Gasteiger partial charge in [0.1, 0.15) is 5.76 Å². The number of non-ortho nitro benzene ring substituents is 1. The molecule has 0 radical (unpaired) electrons. The van der Waals surface area contributed by atoms with Crippen molar-refractivity contribution in [1.29, 1.82) is 0 Å². The second-order valence-corrected chi connectivity index (χ2v) is 8.19. The fourth-order valence-electron chi connectivity index (χ4n) is 3.52. The molecule has 12 heteroatoms. The van der Waals surface area contributed by atoms with Crippen LogP contribution in [0.4, 0.5) is 11.6 Å². The number of nitrogens with zero attached hydrogens (tertiary/aromatic N) is 7. The van der Waals surface area contributed by atoms with Gasteiger partial charge in [0.15, 0.2) is 5.16 Å². The highest BCUT2D eigenvalue weighted by Crippen LogP contribution is 2.28. The van der Waals surface area contributed by atoms with Gasteiger partial charge in [0.25, 0.3) is 5.69 Å². The molecule has 4 aromatic rings. The molecule has 1 aliphatic rings. The average Bonchev–Trinajstić information content (AvgIpc) is 3.60. The van der Waals surface area contributed by atoms with E-state index in [1.165, 1.54) is 23.9 Å². The van der Waals surface area contributed by atoms with Gasteiger partial charge < -0.3 is 13.8 Å². The molecule has 164 valence electrons. The van der Waals surface area contributed by atoms with Gasteiger partial charge in [-0.25, -0.2) is 0 Å². The van der Waals surface area contributed by atoms with Gasteiger partial charge in [-0.05, 0) is 37.1 Å². The van der Waals surface area contributed by atoms with Crippen molar-refractivity contribution in [1.82, 2.24) is 24.9 Å². The number of anilines is 1. The van der Waals surface area contributed by atoms with Gasteiger partial charge in [-0.2, -0.15) is 4.98 Å². The Hall–Kier alpha value is -3.67. The van der Waals surface area contributed by atoms with Gasteiger partial charge >= 0.3 is 0 Å². The summed E-state index contributed by atoms with van der Waals surface area (Å²) in [5.41, 5.74) is 0.658. The molecule has 0 bridgehead atoms. The van der Waals surface area contributed by atoms with Crippen molar-refractivity contribution in [3.8, 4) is 11.4 Å². The molecule has 0 unspecified atom stereocenters. The first-order valence-electron chi connectivity index (χ1n) is 10.1. The van der Waals surface area contributed by atoms with E-state index in [1.807, 2.05) is 16.7 Å². The molecule has 32 heavy (non-hydrogen) atoms. The molecular formula is C20H19N7O4S. The Bertz CT molecular complexity index is 1200. The normalized spacial score (nSPS) is 13.7. The van der Waals surface area contributed by atoms with Crippen LogP contribution in [-0.2, 0) is 12.3 Å². The molecule has 4 heterocycles. The first kappa shape index (κ1) is 20.2. The third-order valence-electron chi connectivity index (χ3n) is 5.11. The maximum atomic E-state index is 10.8. The van der Waals surface area contributed by atoms with Gasteiger partial charge in [-0.1, -0.05) is 16.9 Å². The molecular weight excluding hydrogens is 434 g/mol. The smallest absolute Gasteiger partial charge is 0.269 e. The Morgan fingerprint density at radius 3 is 2.66 bits per heavy atom. The average molecular weight is 453 g/mol. The number of aromatic nitrogens is 5. The lowest BCUT2D eigenvalue weighted by Crippen LogP contribution is -2.22. The lowest BCUT2D eigenvalue weighted by atomic mass is 10.2. The van der Waals surface area contributed by atoms with E-state index in [1.54, 1.807) is 18.4 Å². The summed E-state index contributed by atoms with van der Waals surface area (Å²) < 4.78 is 12.9. The Labute approximate surface area is 186 Å². The minimum Gasteiger partial charge on any atom is -0.467 e. The van der Waals surface area contributed by atoms with Gasteiger partial charge in [0.05, 0.1) is 23.5 Å². The van der Waals surface area contributed by atoms with Crippen LogP contribution in [0.15, 0.2) is 56.8 Å². The summed E-state index contributed by atoms with van der Waals surface area (Å²) in [6.07, 6.45) is 3.94. The third kappa shape index (κ3) is 4.21. The SMILES string of the molecule is O=[N+]([O-])c1ccc(-c2noc(CSc3nnc(N4CCCC4)n3Cc3ccco3)n2)cc1. The maximum absolute atomic E-state index is 10.8. The van der Waals surface area contributed by atoms with Crippen LogP contribution < -0.4 is 4.90 Å². The summed E-state index contributed by atoms with van der Waals surface area (Å²) in [4.78, 5) is 17.0. The van der Waals surface area contributed by atoms with Crippen molar-refractivity contribution in [2.45, 2.75) is 30.3 Å².